The van der Waals surface area contributed by atoms with Gasteiger partial charge in [0.05, 0.1) is 11.6 Å². The van der Waals surface area contributed by atoms with Crippen LogP contribution in [0.4, 0.5) is 27.6 Å². The van der Waals surface area contributed by atoms with Gasteiger partial charge in [0.25, 0.3) is 11.8 Å². The van der Waals surface area contributed by atoms with Gasteiger partial charge >= 0.3 is 6.18 Å². The monoisotopic (exact) mass is 558 g/mol. The lowest BCUT2D eigenvalue weighted by atomic mass is 9.93. The summed E-state index contributed by atoms with van der Waals surface area (Å²) in [6.45, 7) is 1.67. The minimum atomic E-state index is -4.89. The van der Waals surface area contributed by atoms with E-state index in [1.54, 1.807) is 6.92 Å². The zero-order chi connectivity index (χ0) is 28.1. The van der Waals surface area contributed by atoms with E-state index in [1.165, 1.54) is 30.6 Å². The Morgan fingerprint density at radius 2 is 1.69 bits per heavy atom. The lowest BCUT2D eigenvalue weighted by Gasteiger charge is -2.19. The van der Waals surface area contributed by atoms with Gasteiger partial charge in [-0.2, -0.15) is 13.2 Å². The van der Waals surface area contributed by atoms with Crippen LogP contribution < -0.4 is 10.6 Å². The summed E-state index contributed by atoms with van der Waals surface area (Å²) < 4.78 is 67.8. The lowest BCUT2D eigenvalue weighted by Crippen LogP contribution is -2.21. The first-order chi connectivity index (χ1) is 18.4. The number of anilines is 1. The summed E-state index contributed by atoms with van der Waals surface area (Å²) in [5.41, 5.74) is -0.564. The fourth-order valence-electron chi connectivity index (χ4n) is 4.29. The fourth-order valence-corrected chi connectivity index (χ4v) is 4.52. The molecule has 2 heterocycles. The highest BCUT2D eigenvalue weighted by Crippen LogP contribution is 2.42. The van der Waals surface area contributed by atoms with Crippen LogP contribution in [-0.4, -0.2) is 21.8 Å². The molecule has 0 aliphatic carbocycles. The van der Waals surface area contributed by atoms with Gasteiger partial charge in [-0.05, 0) is 61.0 Å². The van der Waals surface area contributed by atoms with Gasteiger partial charge in [0.1, 0.15) is 17.5 Å². The third-order valence-electron chi connectivity index (χ3n) is 6.11. The standard InChI is InChI=1S/C27H16ClF5N4O2/c1-12-34-10-15(11-35-12)13-6-20-23(24(37-26(20)39)19-9-17(29)2-3-21(19)28)22(7-13)36-25(38)14-4-16(27(31,32)33)8-18(30)5-14/h2-11,24H,1H3,(H,36,38)(H,37,39)/t24-/m1/s1. The van der Waals surface area contributed by atoms with Crippen molar-refractivity contribution < 1.29 is 31.5 Å². The Morgan fingerprint density at radius 3 is 2.38 bits per heavy atom. The smallest absolute Gasteiger partial charge is 0.341 e. The summed E-state index contributed by atoms with van der Waals surface area (Å²) >= 11 is 6.29. The maximum atomic E-state index is 14.1. The number of carbonyl (C=O) groups is 2. The second kappa shape index (κ2) is 9.73. The highest BCUT2D eigenvalue weighted by atomic mass is 35.5. The van der Waals surface area contributed by atoms with Crippen molar-refractivity contribution >= 4 is 29.1 Å². The van der Waals surface area contributed by atoms with E-state index in [0.29, 0.717) is 29.1 Å². The van der Waals surface area contributed by atoms with Gasteiger partial charge in [-0.3, -0.25) is 9.59 Å². The van der Waals surface area contributed by atoms with Crippen LogP contribution in [0.2, 0.25) is 5.02 Å². The van der Waals surface area contributed by atoms with E-state index >= 15 is 0 Å². The van der Waals surface area contributed by atoms with Crippen LogP contribution in [0.25, 0.3) is 11.1 Å². The molecule has 39 heavy (non-hydrogen) atoms. The number of aromatic nitrogens is 2. The largest absolute Gasteiger partial charge is 0.416 e. The molecule has 0 unspecified atom stereocenters. The number of halogens is 6. The molecule has 2 N–H and O–H groups in total. The number of carbonyl (C=O) groups excluding carboxylic acids is 2. The number of hydrogen-bond acceptors (Lipinski definition) is 4. The topological polar surface area (TPSA) is 84.0 Å². The van der Waals surface area contributed by atoms with Crippen LogP contribution in [0.3, 0.4) is 0 Å². The molecule has 0 saturated heterocycles. The van der Waals surface area contributed by atoms with Crippen molar-refractivity contribution in [3.63, 3.8) is 0 Å². The third-order valence-corrected chi connectivity index (χ3v) is 6.45. The summed E-state index contributed by atoms with van der Waals surface area (Å²) in [5.74, 6) is -3.03. The molecular formula is C27H16ClF5N4O2. The Balaban J connectivity index is 1.66. The minimum absolute atomic E-state index is 0.00886. The van der Waals surface area contributed by atoms with Gasteiger partial charge in [0.2, 0.25) is 0 Å². The van der Waals surface area contributed by atoms with Crippen LogP contribution in [0.5, 0.6) is 0 Å². The number of rotatable bonds is 4. The van der Waals surface area contributed by atoms with Gasteiger partial charge in [0.15, 0.2) is 0 Å². The number of aryl methyl sites for hydroxylation is 1. The Bertz CT molecular complexity index is 1640. The van der Waals surface area contributed by atoms with Crippen LogP contribution in [-0.2, 0) is 6.18 Å². The van der Waals surface area contributed by atoms with Crippen molar-refractivity contribution in [2.24, 2.45) is 0 Å². The van der Waals surface area contributed by atoms with E-state index < -0.39 is 46.8 Å². The second-order valence-corrected chi connectivity index (χ2v) is 9.16. The summed E-state index contributed by atoms with van der Waals surface area (Å²) in [6.07, 6.45) is -1.91. The average Bonchev–Trinajstić information content (AvgIpc) is 3.21. The fraction of sp³-hybridized carbons (Fsp3) is 0.111. The van der Waals surface area contributed by atoms with Gasteiger partial charge in [0, 0.05) is 50.9 Å². The molecular weight excluding hydrogens is 543 g/mol. The maximum absolute atomic E-state index is 14.1. The van der Waals surface area contributed by atoms with E-state index in [1.807, 2.05) is 0 Å². The molecule has 1 aromatic heterocycles. The molecule has 4 aromatic rings. The number of fused-ring (bicyclic) bond motifs is 1. The van der Waals surface area contributed by atoms with E-state index in [2.05, 4.69) is 20.6 Å². The van der Waals surface area contributed by atoms with Crippen molar-refractivity contribution in [3.8, 4) is 11.1 Å². The van der Waals surface area contributed by atoms with Crippen molar-refractivity contribution in [1.82, 2.24) is 15.3 Å². The highest BCUT2D eigenvalue weighted by Gasteiger charge is 2.36. The molecule has 0 radical (unpaired) electrons. The molecule has 1 atom stereocenters. The van der Waals surface area contributed by atoms with Crippen molar-refractivity contribution in [2.75, 3.05) is 5.32 Å². The Hall–Kier alpha value is -4.38. The van der Waals surface area contributed by atoms with E-state index in [4.69, 9.17) is 11.6 Å². The van der Waals surface area contributed by atoms with Crippen molar-refractivity contribution in [1.29, 1.82) is 0 Å². The minimum Gasteiger partial charge on any atom is -0.341 e. The Labute approximate surface area is 222 Å². The molecule has 0 spiro atoms. The SMILES string of the molecule is Cc1ncc(-c2cc(NC(=O)c3cc(F)cc(C(F)(F)F)c3)c3c(c2)C(=O)N[C@@H]3c2cc(F)ccc2Cl)cn1. The average molecular weight is 559 g/mol. The number of nitrogens with zero attached hydrogens (tertiary/aromatic N) is 2. The van der Waals surface area contributed by atoms with Crippen LogP contribution in [0.1, 0.15) is 49.3 Å². The highest BCUT2D eigenvalue weighted by molar-refractivity contribution is 6.31. The predicted octanol–water partition coefficient (Wildman–Crippen LogP) is 6.49. The summed E-state index contributed by atoms with van der Waals surface area (Å²) in [6, 6.07) is 6.99. The normalized spacial score (nSPS) is 14.6. The molecule has 0 fully saturated rings. The van der Waals surface area contributed by atoms with E-state index in [9.17, 15) is 31.5 Å². The molecule has 0 saturated carbocycles. The Kier molecular flexibility index (Phi) is 6.55. The van der Waals surface area contributed by atoms with Gasteiger partial charge in [-0.15, -0.1) is 0 Å². The van der Waals surface area contributed by atoms with E-state index in [-0.39, 0.29) is 33.5 Å². The van der Waals surface area contributed by atoms with Gasteiger partial charge in [-0.25, -0.2) is 18.7 Å². The van der Waals surface area contributed by atoms with Crippen molar-refractivity contribution in [3.05, 3.63) is 111 Å². The number of alkyl halides is 3. The molecule has 3 aromatic carbocycles. The Morgan fingerprint density at radius 1 is 0.974 bits per heavy atom. The zero-order valence-corrected chi connectivity index (χ0v) is 20.6. The summed E-state index contributed by atoms with van der Waals surface area (Å²) in [4.78, 5) is 34.4. The van der Waals surface area contributed by atoms with Gasteiger partial charge < -0.3 is 10.6 Å². The van der Waals surface area contributed by atoms with Crippen LogP contribution in [0.15, 0.2) is 60.9 Å². The number of benzene rings is 3. The molecule has 2 amide bonds. The first-order valence-corrected chi connectivity index (χ1v) is 11.7. The second-order valence-electron chi connectivity index (χ2n) is 8.76. The molecule has 1 aliphatic rings. The molecule has 12 heteroatoms. The van der Waals surface area contributed by atoms with Crippen LogP contribution in [0, 0.1) is 18.6 Å². The summed E-state index contributed by atoms with van der Waals surface area (Å²) in [7, 11) is 0. The maximum Gasteiger partial charge on any atom is 0.416 e. The molecule has 198 valence electrons. The summed E-state index contributed by atoms with van der Waals surface area (Å²) in [5, 5.41) is 5.33. The number of hydrogen-bond donors (Lipinski definition) is 2. The number of nitrogens with one attached hydrogen (secondary N) is 2. The first-order valence-electron chi connectivity index (χ1n) is 11.3. The van der Waals surface area contributed by atoms with Crippen molar-refractivity contribution in [2.45, 2.75) is 19.1 Å². The van der Waals surface area contributed by atoms with Gasteiger partial charge in [-0.1, -0.05) is 11.6 Å². The van der Waals surface area contributed by atoms with E-state index in [0.717, 1.165) is 12.1 Å². The third kappa shape index (κ3) is 5.17. The number of amides is 2. The van der Waals surface area contributed by atoms with Crippen LogP contribution >= 0.6 is 11.6 Å². The quantitative estimate of drug-likeness (QED) is 0.281. The molecule has 1 aliphatic heterocycles. The molecule has 5 rings (SSSR count). The predicted molar refractivity (Wildman–Crippen MR) is 132 cm³/mol. The first kappa shape index (κ1) is 26.2. The molecule has 6 nitrogen and oxygen atoms in total. The lowest BCUT2D eigenvalue weighted by molar-refractivity contribution is -0.137. The zero-order valence-electron chi connectivity index (χ0n) is 19.8. The molecule has 0 bridgehead atoms.